The van der Waals surface area contributed by atoms with Crippen molar-refractivity contribution in [2.24, 2.45) is 0 Å². The minimum absolute atomic E-state index is 0.178. The normalized spacial score (nSPS) is 16.8. The van der Waals surface area contributed by atoms with Crippen LogP contribution in [-0.4, -0.2) is 80.6 Å². The van der Waals surface area contributed by atoms with E-state index in [4.69, 9.17) is 14.6 Å². The van der Waals surface area contributed by atoms with Crippen LogP contribution in [0.4, 0.5) is 16.2 Å². The first-order chi connectivity index (χ1) is 20.2. The molecule has 3 aromatic rings. The van der Waals surface area contributed by atoms with E-state index in [1.54, 1.807) is 11.3 Å². The predicted molar refractivity (Wildman–Crippen MR) is 164 cm³/mol. The predicted octanol–water partition coefficient (Wildman–Crippen LogP) is 4.67. The van der Waals surface area contributed by atoms with E-state index >= 15 is 0 Å². The lowest BCUT2D eigenvalue weighted by molar-refractivity contribution is -0.136. The van der Waals surface area contributed by atoms with Crippen molar-refractivity contribution in [3.05, 3.63) is 53.4 Å². The number of carboxylic acid groups (broad SMARTS) is 1. The number of nitrogens with one attached hydrogen (secondary N) is 1. The van der Waals surface area contributed by atoms with Gasteiger partial charge in [0, 0.05) is 59.9 Å². The van der Waals surface area contributed by atoms with Crippen LogP contribution in [0.25, 0.3) is 10.1 Å². The van der Waals surface area contributed by atoms with Gasteiger partial charge in [-0.1, -0.05) is 26.0 Å². The number of piperazine rings is 1. The molecule has 2 N–H and O–H groups in total. The fraction of sp³-hybridized carbons (Fsp3) is 0.452. The molecule has 2 aliphatic rings. The molecule has 1 saturated heterocycles. The number of hydrogen-bond acceptors (Lipinski definition) is 8. The molecular formula is C31H38N4O6S. The van der Waals surface area contributed by atoms with Crippen LogP contribution < -0.4 is 19.9 Å². The van der Waals surface area contributed by atoms with Crippen molar-refractivity contribution < 1.29 is 29.0 Å². The third kappa shape index (κ3) is 6.96. The number of alkyl carbamates (subject to hydrolysis) is 1. The quantitative estimate of drug-likeness (QED) is 0.308. The minimum Gasteiger partial charge on any atom is -0.494 e. The van der Waals surface area contributed by atoms with Gasteiger partial charge in [0.15, 0.2) is 6.73 Å². The Kier molecular flexibility index (Phi) is 9.18. The lowest BCUT2D eigenvalue weighted by Crippen LogP contribution is -2.46. The average molecular weight is 595 g/mol. The van der Waals surface area contributed by atoms with Crippen molar-refractivity contribution in [3.63, 3.8) is 0 Å². The average Bonchev–Trinajstić information content (AvgIpc) is 3.45. The molecule has 3 heterocycles. The van der Waals surface area contributed by atoms with Crippen LogP contribution in [0.1, 0.15) is 38.7 Å². The molecule has 0 aliphatic carbocycles. The first-order valence-corrected chi connectivity index (χ1v) is 15.2. The van der Waals surface area contributed by atoms with E-state index in [1.165, 1.54) is 20.7 Å². The Hall–Kier alpha value is -3.83. The number of carboxylic acids is 1. The van der Waals surface area contributed by atoms with Crippen molar-refractivity contribution in [2.75, 3.05) is 62.4 Å². The van der Waals surface area contributed by atoms with Crippen LogP contribution in [-0.2, 0) is 19.7 Å². The summed E-state index contributed by atoms with van der Waals surface area (Å²) in [6, 6.07) is 14.5. The molecule has 0 saturated carbocycles. The highest BCUT2D eigenvalue weighted by Crippen LogP contribution is 2.42. The molecule has 1 fully saturated rings. The largest absolute Gasteiger partial charge is 0.494 e. The number of amides is 2. The zero-order chi connectivity index (χ0) is 29.7. The highest BCUT2D eigenvalue weighted by molar-refractivity contribution is 7.17. The lowest BCUT2D eigenvalue weighted by atomic mass is 9.77. The Morgan fingerprint density at radius 2 is 1.86 bits per heavy atom. The van der Waals surface area contributed by atoms with Gasteiger partial charge in [-0.3, -0.25) is 19.4 Å². The zero-order valence-electron chi connectivity index (χ0n) is 24.1. The number of fused-ring (bicyclic) bond motifs is 2. The Morgan fingerprint density at radius 3 is 2.64 bits per heavy atom. The fourth-order valence-corrected chi connectivity index (χ4v) is 6.46. The molecule has 0 atom stereocenters. The number of unbranched alkanes of at least 4 members (excludes halogenated alkanes) is 1. The molecular weight excluding hydrogens is 556 g/mol. The number of carbonyl (C=O) groups is 3. The van der Waals surface area contributed by atoms with E-state index in [2.05, 4.69) is 44.8 Å². The SMILES string of the molecule is CC1(C)CC(=O)N(COC(=O)NCC(=O)O)c2cc(OCCCCN3CCN(c4cccc5sccc45)CC3)ccc21. The standard InChI is InChI=1S/C31H38N4O6S/c1-31(2)19-28(36)35(21-41-30(39)32-20-29(37)38)26-18-22(8-9-24(26)31)40-16-4-3-11-33-12-14-34(15-13-33)25-6-5-7-27-23(25)10-17-42-27/h5-10,17-18H,3-4,11-16,19-21H2,1-2H3,(H,32,39)(H,37,38). The maximum atomic E-state index is 12.9. The molecule has 1 aromatic heterocycles. The first kappa shape index (κ1) is 29.7. The second-order valence-corrected chi connectivity index (χ2v) is 12.3. The Balaban J connectivity index is 1.09. The number of nitrogens with zero attached hydrogens (tertiary/aromatic N) is 3. The molecule has 2 aromatic carbocycles. The van der Waals surface area contributed by atoms with Gasteiger partial charge >= 0.3 is 12.1 Å². The zero-order valence-corrected chi connectivity index (χ0v) is 25.0. The third-order valence-electron chi connectivity index (χ3n) is 7.92. The van der Waals surface area contributed by atoms with E-state index in [1.807, 2.05) is 32.0 Å². The van der Waals surface area contributed by atoms with Crippen LogP contribution in [0.2, 0.25) is 0 Å². The summed E-state index contributed by atoms with van der Waals surface area (Å²) in [7, 11) is 0. The maximum Gasteiger partial charge on any atom is 0.409 e. The van der Waals surface area contributed by atoms with Crippen molar-refractivity contribution >= 4 is 50.8 Å². The molecule has 11 heteroatoms. The topological polar surface area (TPSA) is 112 Å². The number of ether oxygens (including phenoxy) is 2. The van der Waals surface area contributed by atoms with Crippen LogP contribution in [0, 0.1) is 0 Å². The number of benzene rings is 2. The van der Waals surface area contributed by atoms with Crippen molar-refractivity contribution in [3.8, 4) is 5.75 Å². The van der Waals surface area contributed by atoms with E-state index in [0.29, 0.717) is 18.0 Å². The Bertz CT molecular complexity index is 1430. The van der Waals surface area contributed by atoms with Gasteiger partial charge in [0.1, 0.15) is 12.3 Å². The monoisotopic (exact) mass is 594 g/mol. The number of carbonyl (C=O) groups excluding carboxylic acids is 2. The van der Waals surface area contributed by atoms with Crippen LogP contribution in [0.15, 0.2) is 47.8 Å². The Morgan fingerprint density at radius 1 is 1.05 bits per heavy atom. The third-order valence-corrected chi connectivity index (χ3v) is 8.80. The molecule has 224 valence electrons. The maximum absolute atomic E-state index is 12.9. The Labute approximate surface area is 249 Å². The summed E-state index contributed by atoms with van der Waals surface area (Å²) in [6.45, 7) is 8.86. The van der Waals surface area contributed by atoms with Gasteiger partial charge in [-0.05, 0) is 54.6 Å². The fourth-order valence-electron chi connectivity index (χ4n) is 5.66. The highest BCUT2D eigenvalue weighted by Gasteiger charge is 2.37. The highest BCUT2D eigenvalue weighted by atomic mass is 32.1. The lowest BCUT2D eigenvalue weighted by Gasteiger charge is -2.38. The summed E-state index contributed by atoms with van der Waals surface area (Å²) in [5, 5.41) is 14.4. The number of hydrogen-bond donors (Lipinski definition) is 2. The summed E-state index contributed by atoms with van der Waals surface area (Å²) in [4.78, 5) is 41.9. The summed E-state index contributed by atoms with van der Waals surface area (Å²) in [6.07, 6.45) is 1.30. The molecule has 0 unspecified atom stereocenters. The van der Waals surface area contributed by atoms with Gasteiger partial charge in [0.2, 0.25) is 5.91 Å². The molecule has 2 amide bonds. The van der Waals surface area contributed by atoms with Crippen molar-refractivity contribution in [1.82, 2.24) is 10.2 Å². The summed E-state index contributed by atoms with van der Waals surface area (Å²) in [5.41, 5.74) is 2.55. The van der Waals surface area contributed by atoms with E-state index in [9.17, 15) is 14.4 Å². The summed E-state index contributed by atoms with van der Waals surface area (Å²) >= 11 is 1.79. The number of rotatable bonds is 11. The van der Waals surface area contributed by atoms with Gasteiger partial charge in [-0.15, -0.1) is 11.3 Å². The molecule has 10 nitrogen and oxygen atoms in total. The van der Waals surface area contributed by atoms with E-state index in [0.717, 1.165) is 51.1 Å². The molecule has 0 radical (unpaired) electrons. The summed E-state index contributed by atoms with van der Waals surface area (Å²) < 4.78 is 12.5. The second-order valence-electron chi connectivity index (χ2n) is 11.4. The molecule has 5 rings (SSSR count). The van der Waals surface area contributed by atoms with Gasteiger partial charge in [-0.25, -0.2) is 4.79 Å². The summed E-state index contributed by atoms with van der Waals surface area (Å²) in [5.74, 6) is -0.709. The number of anilines is 2. The molecule has 42 heavy (non-hydrogen) atoms. The van der Waals surface area contributed by atoms with Gasteiger partial charge in [0.05, 0.1) is 12.3 Å². The minimum atomic E-state index is -1.18. The smallest absolute Gasteiger partial charge is 0.409 e. The van der Waals surface area contributed by atoms with Crippen molar-refractivity contribution in [1.29, 1.82) is 0 Å². The van der Waals surface area contributed by atoms with Gasteiger partial charge in [-0.2, -0.15) is 0 Å². The van der Waals surface area contributed by atoms with E-state index in [-0.39, 0.29) is 24.5 Å². The van der Waals surface area contributed by atoms with Gasteiger partial charge < -0.3 is 24.8 Å². The van der Waals surface area contributed by atoms with Crippen molar-refractivity contribution in [2.45, 2.75) is 38.5 Å². The first-order valence-electron chi connectivity index (χ1n) is 14.3. The molecule has 0 bridgehead atoms. The molecule has 2 aliphatic heterocycles. The van der Waals surface area contributed by atoms with E-state index < -0.39 is 18.6 Å². The molecule has 0 spiro atoms. The van der Waals surface area contributed by atoms with Gasteiger partial charge in [0.25, 0.3) is 0 Å². The van der Waals surface area contributed by atoms with Crippen LogP contribution in [0.3, 0.4) is 0 Å². The van der Waals surface area contributed by atoms with Crippen LogP contribution >= 0.6 is 11.3 Å². The second kappa shape index (κ2) is 13.0. The number of thiophene rings is 1. The number of aliphatic carboxylic acids is 1. The van der Waals surface area contributed by atoms with Crippen LogP contribution in [0.5, 0.6) is 5.75 Å².